The van der Waals surface area contributed by atoms with Crippen molar-refractivity contribution in [2.45, 2.75) is 38.9 Å². The van der Waals surface area contributed by atoms with Gasteiger partial charge in [0.15, 0.2) is 0 Å². The molecule has 1 heterocycles. The van der Waals surface area contributed by atoms with Crippen molar-refractivity contribution >= 4 is 12.6 Å². The zero-order chi connectivity index (χ0) is 15.7. The number of benzene rings is 1. The van der Waals surface area contributed by atoms with Crippen molar-refractivity contribution in [2.24, 2.45) is 0 Å². The molecule has 0 bridgehead atoms. The highest BCUT2D eigenvalue weighted by atomic mass is 16.5. The summed E-state index contributed by atoms with van der Waals surface area (Å²) in [5.74, 6) is 0.772. The lowest BCUT2D eigenvalue weighted by molar-refractivity contribution is -0.0982. The third kappa shape index (κ3) is 3.56. The Balaban J connectivity index is 2.12. The van der Waals surface area contributed by atoms with Gasteiger partial charge < -0.3 is 19.2 Å². The number of hydrogen-bond donors (Lipinski definition) is 2. The van der Waals surface area contributed by atoms with Crippen molar-refractivity contribution in [3.63, 3.8) is 0 Å². The van der Waals surface area contributed by atoms with Crippen LogP contribution in [0.4, 0.5) is 0 Å². The fraction of sp³-hybridized carbons (Fsp3) is 0.375. The minimum atomic E-state index is -1.10. The molecule has 0 unspecified atom stereocenters. The van der Waals surface area contributed by atoms with Crippen LogP contribution in [0.5, 0.6) is 0 Å². The molecule has 2 rings (SSSR count). The van der Waals surface area contributed by atoms with Crippen LogP contribution in [0.3, 0.4) is 0 Å². The summed E-state index contributed by atoms with van der Waals surface area (Å²) in [6.07, 6.45) is 1.62. The smallest absolute Gasteiger partial charge is 0.464 e. The van der Waals surface area contributed by atoms with Gasteiger partial charge in [0.2, 0.25) is 0 Å². The minimum Gasteiger partial charge on any atom is -0.464 e. The molecule has 0 aliphatic heterocycles. The Hall–Kier alpha value is -1.56. The summed E-state index contributed by atoms with van der Waals surface area (Å²) in [5.41, 5.74) is -0.394. The average molecular weight is 288 g/mol. The maximum absolute atomic E-state index is 10.2. The molecule has 2 aromatic rings. The van der Waals surface area contributed by atoms with Gasteiger partial charge in [0.1, 0.15) is 5.76 Å². The second kappa shape index (κ2) is 5.68. The molecule has 0 saturated carbocycles. The number of furan rings is 1. The van der Waals surface area contributed by atoms with E-state index < -0.39 is 18.3 Å². The van der Waals surface area contributed by atoms with Gasteiger partial charge in [-0.25, -0.2) is 0 Å². The van der Waals surface area contributed by atoms with E-state index in [1.165, 1.54) is 0 Å². The van der Waals surface area contributed by atoms with Crippen LogP contribution in [0.15, 0.2) is 47.1 Å². The van der Waals surface area contributed by atoms with Crippen molar-refractivity contribution in [2.75, 3.05) is 0 Å². The maximum atomic E-state index is 10.2. The molecular formula is C16H21BO4. The van der Waals surface area contributed by atoms with Crippen LogP contribution in [0.2, 0.25) is 0 Å². The highest BCUT2D eigenvalue weighted by Crippen LogP contribution is 2.25. The minimum absolute atomic E-state index is 0.627. The second-order valence-corrected chi connectivity index (χ2v) is 6.14. The SMILES string of the molecule is CC(C)(O)C(C)(C)OB(O)c1ccc(-c2ccco2)cc1. The van der Waals surface area contributed by atoms with E-state index in [1.807, 2.05) is 24.3 Å². The van der Waals surface area contributed by atoms with E-state index in [4.69, 9.17) is 9.07 Å². The molecule has 2 N–H and O–H groups in total. The summed E-state index contributed by atoms with van der Waals surface area (Å²) in [6.45, 7) is 6.79. The Morgan fingerprint density at radius 3 is 2.14 bits per heavy atom. The largest absolute Gasteiger partial charge is 0.491 e. The summed E-state index contributed by atoms with van der Waals surface area (Å²) in [6, 6.07) is 11.0. The summed E-state index contributed by atoms with van der Waals surface area (Å²) in [5, 5.41) is 20.2. The molecule has 0 aliphatic carbocycles. The molecule has 0 saturated heterocycles. The van der Waals surface area contributed by atoms with Crippen LogP contribution < -0.4 is 5.46 Å². The highest BCUT2D eigenvalue weighted by Gasteiger charge is 2.39. The molecule has 0 atom stereocenters. The zero-order valence-corrected chi connectivity index (χ0v) is 12.8. The van der Waals surface area contributed by atoms with Crippen molar-refractivity contribution in [1.29, 1.82) is 0 Å². The molecule has 0 fully saturated rings. The number of hydrogen-bond acceptors (Lipinski definition) is 4. The monoisotopic (exact) mass is 288 g/mol. The molecule has 0 amide bonds. The van der Waals surface area contributed by atoms with Gasteiger partial charge in [0, 0.05) is 5.56 Å². The summed E-state index contributed by atoms with van der Waals surface area (Å²) < 4.78 is 10.9. The van der Waals surface area contributed by atoms with E-state index in [2.05, 4.69) is 0 Å². The van der Waals surface area contributed by atoms with Crippen LogP contribution in [0.1, 0.15) is 27.7 Å². The summed E-state index contributed by atoms with van der Waals surface area (Å²) >= 11 is 0. The first kappa shape index (κ1) is 15.8. The predicted octanol–water partition coefficient (Wildman–Crippen LogP) is 2.20. The van der Waals surface area contributed by atoms with E-state index in [-0.39, 0.29) is 0 Å². The lowest BCUT2D eigenvalue weighted by Gasteiger charge is -2.38. The lowest BCUT2D eigenvalue weighted by Crippen LogP contribution is -2.53. The third-order valence-corrected chi connectivity index (χ3v) is 3.88. The standard InChI is InChI=1S/C16H21BO4/c1-15(2,18)16(3,4)21-17(19)13-9-7-12(8-10-13)14-6-5-11-20-14/h5-11,18-19H,1-4H3. The van der Waals surface area contributed by atoms with E-state index in [1.54, 1.807) is 46.1 Å². The maximum Gasteiger partial charge on any atom is 0.491 e. The molecule has 0 aliphatic rings. The molecule has 1 aromatic heterocycles. The molecule has 1 aromatic carbocycles. The average Bonchev–Trinajstić information content (AvgIpc) is 2.91. The van der Waals surface area contributed by atoms with Gasteiger partial charge in [-0.05, 0) is 45.3 Å². The zero-order valence-electron chi connectivity index (χ0n) is 12.8. The third-order valence-electron chi connectivity index (χ3n) is 3.88. The van der Waals surface area contributed by atoms with Crippen LogP contribution in [-0.2, 0) is 4.65 Å². The topological polar surface area (TPSA) is 62.8 Å². The normalized spacial score (nSPS) is 12.5. The Labute approximate surface area is 125 Å². The lowest BCUT2D eigenvalue weighted by atomic mass is 9.76. The van der Waals surface area contributed by atoms with Gasteiger partial charge in [-0.1, -0.05) is 24.3 Å². The molecule has 4 nitrogen and oxygen atoms in total. The predicted molar refractivity (Wildman–Crippen MR) is 83.2 cm³/mol. The van der Waals surface area contributed by atoms with E-state index in [9.17, 15) is 10.1 Å². The first-order valence-corrected chi connectivity index (χ1v) is 6.93. The molecule has 0 radical (unpaired) electrons. The molecule has 0 spiro atoms. The van der Waals surface area contributed by atoms with Crippen molar-refractivity contribution in [1.82, 2.24) is 0 Å². The first-order valence-electron chi connectivity index (χ1n) is 6.93. The quantitative estimate of drug-likeness (QED) is 0.828. The van der Waals surface area contributed by atoms with Crippen molar-refractivity contribution < 1.29 is 19.2 Å². The van der Waals surface area contributed by atoms with Crippen LogP contribution in [-0.4, -0.2) is 28.5 Å². The Kier molecular flexibility index (Phi) is 4.28. The van der Waals surface area contributed by atoms with Gasteiger partial charge >= 0.3 is 7.12 Å². The number of rotatable bonds is 5. The van der Waals surface area contributed by atoms with Crippen LogP contribution in [0.25, 0.3) is 11.3 Å². The second-order valence-electron chi connectivity index (χ2n) is 6.14. The highest BCUT2D eigenvalue weighted by molar-refractivity contribution is 6.60. The summed E-state index contributed by atoms with van der Waals surface area (Å²) in [7, 11) is -1.10. The Morgan fingerprint density at radius 2 is 1.67 bits per heavy atom. The fourth-order valence-corrected chi connectivity index (χ4v) is 1.75. The van der Waals surface area contributed by atoms with Gasteiger partial charge in [-0.15, -0.1) is 0 Å². The van der Waals surface area contributed by atoms with Gasteiger partial charge in [0.05, 0.1) is 17.5 Å². The molecular weight excluding hydrogens is 267 g/mol. The van der Waals surface area contributed by atoms with E-state index >= 15 is 0 Å². The van der Waals surface area contributed by atoms with Crippen molar-refractivity contribution in [3.8, 4) is 11.3 Å². The van der Waals surface area contributed by atoms with Gasteiger partial charge in [-0.3, -0.25) is 0 Å². The number of aliphatic hydroxyl groups is 1. The van der Waals surface area contributed by atoms with Crippen LogP contribution >= 0.6 is 0 Å². The van der Waals surface area contributed by atoms with Crippen molar-refractivity contribution in [3.05, 3.63) is 42.7 Å². The van der Waals surface area contributed by atoms with Crippen LogP contribution in [0, 0.1) is 0 Å². The van der Waals surface area contributed by atoms with Gasteiger partial charge in [0.25, 0.3) is 0 Å². The Morgan fingerprint density at radius 1 is 1.05 bits per heavy atom. The van der Waals surface area contributed by atoms with E-state index in [0.29, 0.717) is 5.46 Å². The van der Waals surface area contributed by atoms with E-state index in [0.717, 1.165) is 11.3 Å². The summed E-state index contributed by atoms with van der Waals surface area (Å²) in [4.78, 5) is 0. The Bertz CT molecular complexity index is 567. The molecule has 21 heavy (non-hydrogen) atoms. The van der Waals surface area contributed by atoms with Gasteiger partial charge in [-0.2, -0.15) is 0 Å². The molecule has 5 heteroatoms. The fourth-order valence-electron chi connectivity index (χ4n) is 1.75. The molecule has 112 valence electrons. The first-order chi connectivity index (χ1) is 9.71.